The normalized spacial score (nSPS) is 14.1. The highest BCUT2D eigenvalue weighted by Gasteiger charge is 2.25. The van der Waals surface area contributed by atoms with Crippen LogP contribution in [0.25, 0.3) is 0 Å². The Morgan fingerprint density at radius 2 is 1.60 bits per heavy atom. The molecule has 3 N–H and O–H groups in total. The zero-order chi connectivity index (χ0) is 14.7. The molecule has 2 aromatic carbocycles. The first-order chi connectivity index (χ1) is 9.54. The average Bonchev–Trinajstić information content (AvgIpc) is 2.41. The van der Waals surface area contributed by atoms with E-state index in [4.69, 9.17) is 28.9 Å². The minimum atomic E-state index is -0.845. The summed E-state index contributed by atoms with van der Waals surface area (Å²) >= 11 is 15.7. The van der Waals surface area contributed by atoms with Crippen molar-refractivity contribution < 1.29 is 5.11 Å². The highest BCUT2D eigenvalue weighted by atomic mass is 79.9. The van der Waals surface area contributed by atoms with Crippen molar-refractivity contribution in [2.75, 3.05) is 6.54 Å². The smallest absolute Gasteiger partial charge is 0.0899 e. The maximum Gasteiger partial charge on any atom is 0.0899 e. The molecule has 2 unspecified atom stereocenters. The van der Waals surface area contributed by atoms with Crippen molar-refractivity contribution in [1.29, 1.82) is 0 Å². The van der Waals surface area contributed by atoms with Gasteiger partial charge in [-0.2, -0.15) is 0 Å². The van der Waals surface area contributed by atoms with Crippen LogP contribution in [0.1, 0.15) is 23.1 Å². The van der Waals surface area contributed by atoms with Crippen LogP contribution >= 0.6 is 39.1 Å². The minimum Gasteiger partial charge on any atom is -0.388 e. The molecule has 0 bridgehead atoms. The molecule has 0 aliphatic heterocycles. The van der Waals surface area contributed by atoms with Gasteiger partial charge in [0.15, 0.2) is 0 Å². The van der Waals surface area contributed by atoms with E-state index >= 15 is 0 Å². The van der Waals surface area contributed by atoms with E-state index in [0.717, 1.165) is 10.0 Å². The lowest BCUT2D eigenvalue weighted by molar-refractivity contribution is 0.147. The van der Waals surface area contributed by atoms with Crippen LogP contribution in [0.5, 0.6) is 0 Å². The maximum atomic E-state index is 10.6. The standard InChI is InChI=1S/C15H14BrCl2NO/c16-10-6-4-9(5-7-10)11(8-19)15(20)14-12(17)2-1-3-13(14)18/h1-7,11,15,20H,8,19H2. The van der Waals surface area contributed by atoms with Gasteiger partial charge in [0.2, 0.25) is 0 Å². The predicted molar refractivity (Wildman–Crippen MR) is 87.4 cm³/mol. The Morgan fingerprint density at radius 3 is 2.10 bits per heavy atom. The van der Waals surface area contributed by atoms with Crippen molar-refractivity contribution in [3.05, 3.63) is 68.1 Å². The van der Waals surface area contributed by atoms with Gasteiger partial charge < -0.3 is 10.8 Å². The second kappa shape index (κ2) is 6.92. The van der Waals surface area contributed by atoms with E-state index in [1.54, 1.807) is 18.2 Å². The van der Waals surface area contributed by atoms with Crippen molar-refractivity contribution in [2.45, 2.75) is 12.0 Å². The van der Waals surface area contributed by atoms with Crippen molar-refractivity contribution in [2.24, 2.45) is 5.73 Å². The van der Waals surface area contributed by atoms with Gasteiger partial charge in [0.1, 0.15) is 0 Å². The van der Waals surface area contributed by atoms with E-state index in [0.29, 0.717) is 22.2 Å². The van der Waals surface area contributed by atoms with Crippen LogP contribution in [0.4, 0.5) is 0 Å². The van der Waals surface area contributed by atoms with E-state index in [-0.39, 0.29) is 5.92 Å². The van der Waals surface area contributed by atoms with Gasteiger partial charge in [0, 0.05) is 32.5 Å². The quantitative estimate of drug-likeness (QED) is 0.825. The van der Waals surface area contributed by atoms with E-state index in [1.807, 2.05) is 24.3 Å². The van der Waals surface area contributed by atoms with Crippen LogP contribution in [-0.2, 0) is 0 Å². The third-order valence-electron chi connectivity index (χ3n) is 3.23. The predicted octanol–water partition coefficient (Wildman–Crippen LogP) is 4.53. The van der Waals surface area contributed by atoms with Gasteiger partial charge in [-0.3, -0.25) is 0 Å². The monoisotopic (exact) mass is 373 g/mol. The molecule has 0 aromatic heterocycles. The van der Waals surface area contributed by atoms with Crippen LogP contribution in [0.3, 0.4) is 0 Å². The Bertz CT molecular complexity index is 569. The minimum absolute atomic E-state index is 0.263. The van der Waals surface area contributed by atoms with Gasteiger partial charge in [-0.25, -0.2) is 0 Å². The number of rotatable bonds is 4. The fourth-order valence-electron chi connectivity index (χ4n) is 2.15. The van der Waals surface area contributed by atoms with Gasteiger partial charge in [0.25, 0.3) is 0 Å². The zero-order valence-corrected chi connectivity index (χ0v) is 13.7. The number of halogens is 3. The third-order valence-corrected chi connectivity index (χ3v) is 4.42. The summed E-state index contributed by atoms with van der Waals surface area (Å²) in [5, 5.41) is 11.5. The van der Waals surface area contributed by atoms with Crippen LogP contribution < -0.4 is 5.73 Å². The number of nitrogens with two attached hydrogens (primary N) is 1. The molecular weight excluding hydrogens is 361 g/mol. The molecule has 0 saturated heterocycles. The number of benzene rings is 2. The highest BCUT2D eigenvalue weighted by molar-refractivity contribution is 9.10. The average molecular weight is 375 g/mol. The number of hydrogen-bond donors (Lipinski definition) is 2. The molecule has 0 amide bonds. The zero-order valence-electron chi connectivity index (χ0n) is 10.6. The van der Waals surface area contributed by atoms with Gasteiger partial charge in [0.05, 0.1) is 6.10 Å². The van der Waals surface area contributed by atoms with Crippen LogP contribution in [0, 0.1) is 0 Å². The number of aliphatic hydroxyl groups excluding tert-OH is 1. The lowest BCUT2D eigenvalue weighted by Crippen LogP contribution is -2.20. The number of hydrogen-bond acceptors (Lipinski definition) is 2. The summed E-state index contributed by atoms with van der Waals surface area (Å²) in [6, 6.07) is 12.9. The number of aliphatic hydroxyl groups is 1. The molecule has 5 heteroatoms. The first-order valence-corrected chi connectivity index (χ1v) is 7.67. The first-order valence-electron chi connectivity index (χ1n) is 6.12. The lowest BCUT2D eigenvalue weighted by Gasteiger charge is -2.24. The van der Waals surface area contributed by atoms with E-state index in [9.17, 15) is 5.11 Å². The molecule has 0 saturated carbocycles. The SMILES string of the molecule is NCC(c1ccc(Br)cc1)C(O)c1c(Cl)cccc1Cl. The lowest BCUT2D eigenvalue weighted by atomic mass is 9.89. The van der Waals surface area contributed by atoms with Gasteiger partial charge >= 0.3 is 0 Å². The molecule has 20 heavy (non-hydrogen) atoms. The van der Waals surface area contributed by atoms with E-state index < -0.39 is 6.10 Å². The Balaban J connectivity index is 2.39. The fourth-order valence-corrected chi connectivity index (χ4v) is 3.04. The largest absolute Gasteiger partial charge is 0.388 e. The van der Waals surface area contributed by atoms with Crippen LogP contribution in [-0.4, -0.2) is 11.7 Å². The van der Waals surface area contributed by atoms with Gasteiger partial charge in [-0.05, 0) is 29.8 Å². The first kappa shape index (κ1) is 15.8. The molecular formula is C15H14BrCl2NO. The molecule has 2 nitrogen and oxygen atoms in total. The Morgan fingerprint density at radius 1 is 1.05 bits per heavy atom. The fraction of sp³-hybridized carbons (Fsp3) is 0.200. The van der Waals surface area contributed by atoms with Crippen molar-refractivity contribution in [1.82, 2.24) is 0 Å². The van der Waals surface area contributed by atoms with Crippen LogP contribution in [0.15, 0.2) is 46.9 Å². The second-order valence-electron chi connectivity index (χ2n) is 4.47. The summed E-state index contributed by atoms with van der Waals surface area (Å²) in [7, 11) is 0. The van der Waals surface area contributed by atoms with E-state index in [1.165, 1.54) is 0 Å². The maximum absolute atomic E-state index is 10.6. The van der Waals surface area contributed by atoms with Crippen LogP contribution in [0.2, 0.25) is 10.0 Å². The Hall–Kier alpha value is -0.580. The van der Waals surface area contributed by atoms with Gasteiger partial charge in [-0.15, -0.1) is 0 Å². The summed E-state index contributed by atoms with van der Waals surface area (Å²) in [6.07, 6.45) is -0.845. The molecule has 2 rings (SSSR count). The second-order valence-corrected chi connectivity index (χ2v) is 6.20. The Labute approximate surface area is 136 Å². The molecule has 0 spiro atoms. The molecule has 0 fully saturated rings. The van der Waals surface area contributed by atoms with Crippen molar-refractivity contribution in [3.63, 3.8) is 0 Å². The summed E-state index contributed by atoms with van der Waals surface area (Å²) < 4.78 is 0.974. The molecule has 0 radical (unpaired) electrons. The molecule has 0 heterocycles. The Kier molecular flexibility index (Phi) is 5.47. The molecule has 0 aliphatic rings. The summed E-state index contributed by atoms with van der Waals surface area (Å²) in [5.41, 5.74) is 7.29. The van der Waals surface area contributed by atoms with Crippen molar-refractivity contribution in [3.8, 4) is 0 Å². The topological polar surface area (TPSA) is 46.2 Å². The van der Waals surface area contributed by atoms with Crippen molar-refractivity contribution >= 4 is 39.1 Å². The van der Waals surface area contributed by atoms with E-state index in [2.05, 4.69) is 15.9 Å². The highest BCUT2D eigenvalue weighted by Crippen LogP contribution is 2.38. The molecule has 2 atom stereocenters. The van der Waals surface area contributed by atoms with Gasteiger partial charge in [-0.1, -0.05) is 57.3 Å². The summed E-state index contributed by atoms with van der Waals surface area (Å²) in [5.74, 6) is -0.263. The summed E-state index contributed by atoms with van der Waals surface area (Å²) in [4.78, 5) is 0. The molecule has 2 aromatic rings. The molecule has 0 aliphatic carbocycles. The third kappa shape index (κ3) is 3.35. The summed E-state index contributed by atoms with van der Waals surface area (Å²) in [6.45, 7) is 0.296. The molecule has 106 valence electrons.